The molecule has 1 aliphatic heterocycles. The smallest absolute Gasteiger partial charge is 0.295 e. The molecule has 2 heterocycles. The molecule has 1 aliphatic rings. The third kappa shape index (κ3) is 3.69. The quantitative estimate of drug-likeness (QED) is 0.415. The number of carbonyl (C=O) groups excluding carboxylic acids is 2. The van der Waals surface area contributed by atoms with Crippen LogP contribution in [0, 0.1) is 20.8 Å². The molecule has 0 aliphatic carbocycles. The number of methoxy groups -OCH3 is 1. The lowest BCUT2D eigenvalue weighted by atomic mass is 9.96. The summed E-state index contributed by atoms with van der Waals surface area (Å²) < 4.78 is 5.51. The zero-order valence-corrected chi connectivity index (χ0v) is 18.4. The van der Waals surface area contributed by atoms with Gasteiger partial charge in [0.2, 0.25) is 0 Å². The molecule has 2 aromatic rings. The van der Waals surface area contributed by atoms with Crippen LogP contribution in [0.1, 0.15) is 52.9 Å². The van der Waals surface area contributed by atoms with Gasteiger partial charge in [0.1, 0.15) is 11.5 Å². The summed E-state index contributed by atoms with van der Waals surface area (Å²) in [7, 11) is 1.54. The molecule has 1 unspecified atom stereocenters. The van der Waals surface area contributed by atoms with E-state index in [9.17, 15) is 14.7 Å². The van der Waals surface area contributed by atoms with Crippen molar-refractivity contribution in [1.82, 2.24) is 4.90 Å². The Morgan fingerprint density at radius 2 is 1.93 bits per heavy atom. The average molecular weight is 414 g/mol. The van der Waals surface area contributed by atoms with E-state index in [1.165, 1.54) is 18.4 Å². The molecule has 1 N–H and O–H groups in total. The molecule has 1 aromatic carbocycles. The van der Waals surface area contributed by atoms with Gasteiger partial charge in [0.25, 0.3) is 11.7 Å². The number of hydrogen-bond donors (Lipinski definition) is 1. The van der Waals surface area contributed by atoms with Gasteiger partial charge in [0, 0.05) is 11.4 Å². The zero-order valence-electron chi connectivity index (χ0n) is 17.5. The van der Waals surface area contributed by atoms with Gasteiger partial charge in [-0.1, -0.05) is 19.4 Å². The van der Waals surface area contributed by atoms with Crippen LogP contribution in [0.4, 0.5) is 0 Å². The molecular weight excluding hydrogens is 386 g/mol. The molecule has 0 radical (unpaired) electrons. The molecule has 1 aromatic heterocycles. The van der Waals surface area contributed by atoms with Crippen molar-refractivity contribution >= 4 is 28.8 Å². The number of likely N-dealkylation sites (tertiary alicyclic amines) is 1. The van der Waals surface area contributed by atoms with E-state index in [0.717, 1.165) is 34.4 Å². The van der Waals surface area contributed by atoms with Gasteiger partial charge in [-0.05, 0) is 61.4 Å². The summed E-state index contributed by atoms with van der Waals surface area (Å²) in [6.07, 6.45) is 1.70. The van der Waals surface area contributed by atoms with Crippen LogP contribution in [0.3, 0.4) is 0 Å². The number of thiophene rings is 1. The molecule has 0 spiro atoms. The first-order valence-electron chi connectivity index (χ1n) is 9.79. The van der Waals surface area contributed by atoms with E-state index in [1.54, 1.807) is 11.0 Å². The minimum atomic E-state index is -0.641. The number of hydrogen-bond acceptors (Lipinski definition) is 5. The third-order valence-electron chi connectivity index (χ3n) is 5.32. The highest BCUT2D eigenvalue weighted by Gasteiger charge is 2.47. The van der Waals surface area contributed by atoms with Crippen LogP contribution in [-0.2, 0) is 9.59 Å². The van der Waals surface area contributed by atoms with E-state index in [0.29, 0.717) is 17.9 Å². The van der Waals surface area contributed by atoms with Crippen LogP contribution in [0.25, 0.3) is 5.76 Å². The number of rotatable bonds is 6. The van der Waals surface area contributed by atoms with Gasteiger partial charge in [-0.15, -0.1) is 11.3 Å². The van der Waals surface area contributed by atoms with Gasteiger partial charge in [-0.25, -0.2) is 0 Å². The predicted molar refractivity (Wildman–Crippen MR) is 115 cm³/mol. The van der Waals surface area contributed by atoms with Crippen LogP contribution in [0.5, 0.6) is 5.75 Å². The first-order chi connectivity index (χ1) is 13.8. The Bertz CT molecular complexity index is 989. The van der Waals surface area contributed by atoms with Gasteiger partial charge < -0.3 is 14.7 Å². The number of benzene rings is 1. The number of nitrogens with zero attached hydrogens (tertiary/aromatic N) is 1. The summed E-state index contributed by atoms with van der Waals surface area (Å²) in [6, 6.07) is 5.14. The van der Waals surface area contributed by atoms with Gasteiger partial charge in [-0.2, -0.15) is 0 Å². The number of aliphatic hydroxyl groups excluding tert-OH is 1. The lowest BCUT2D eigenvalue weighted by molar-refractivity contribution is -0.139. The van der Waals surface area contributed by atoms with Gasteiger partial charge >= 0.3 is 0 Å². The Hall–Kier alpha value is -2.60. The van der Waals surface area contributed by atoms with E-state index >= 15 is 0 Å². The minimum Gasteiger partial charge on any atom is -0.507 e. The predicted octanol–water partition coefficient (Wildman–Crippen LogP) is 4.90. The maximum atomic E-state index is 13.0. The maximum Gasteiger partial charge on any atom is 0.295 e. The standard InChI is InChI=1S/C23H27NO4S/c1-6-7-9-24-18(22-14(3)8-10-29-22)17(20(26)23(24)27)19(25)16-12-13(2)11-15(4)21(16)28-5/h8,10-12,18,25H,6-7,9H2,1-5H3/b19-17+. The molecule has 0 bridgehead atoms. The van der Waals surface area contributed by atoms with Gasteiger partial charge in [0.05, 0.1) is 24.3 Å². The highest BCUT2D eigenvalue weighted by atomic mass is 32.1. The number of amides is 1. The van der Waals surface area contributed by atoms with Crippen LogP contribution < -0.4 is 4.74 Å². The lowest BCUT2D eigenvalue weighted by Gasteiger charge is -2.25. The molecule has 5 nitrogen and oxygen atoms in total. The van der Waals surface area contributed by atoms with Crippen LogP contribution >= 0.6 is 11.3 Å². The van der Waals surface area contributed by atoms with Crippen molar-refractivity contribution in [2.24, 2.45) is 0 Å². The first kappa shape index (κ1) is 21.1. The van der Waals surface area contributed by atoms with Gasteiger partial charge in [-0.3, -0.25) is 9.59 Å². The monoisotopic (exact) mass is 413 g/mol. The van der Waals surface area contributed by atoms with Crippen molar-refractivity contribution in [1.29, 1.82) is 0 Å². The highest BCUT2D eigenvalue weighted by molar-refractivity contribution is 7.10. The molecule has 1 atom stereocenters. The van der Waals surface area contributed by atoms with Crippen LogP contribution in [0.15, 0.2) is 29.2 Å². The summed E-state index contributed by atoms with van der Waals surface area (Å²) in [5.41, 5.74) is 3.38. The molecule has 1 saturated heterocycles. The fourth-order valence-electron chi connectivity index (χ4n) is 3.92. The SMILES string of the molecule is CCCCN1C(=O)C(=O)/C(=C(/O)c2cc(C)cc(C)c2OC)C1c1sccc1C. The number of Topliss-reactive ketones (excluding diaryl/α,β-unsaturated/α-hetero) is 1. The summed E-state index contributed by atoms with van der Waals surface area (Å²) in [4.78, 5) is 28.4. The molecule has 0 saturated carbocycles. The average Bonchev–Trinajstić information content (AvgIpc) is 3.20. The minimum absolute atomic E-state index is 0.139. The molecule has 6 heteroatoms. The Morgan fingerprint density at radius 1 is 1.21 bits per heavy atom. The van der Waals surface area contributed by atoms with Crippen molar-refractivity contribution in [3.05, 3.63) is 56.3 Å². The second-order valence-corrected chi connectivity index (χ2v) is 8.42. The number of ketones is 1. The summed E-state index contributed by atoms with van der Waals surface area (Å²) in [6.45, 7) is 8.29. The van der Waals surface area contributed by atoms with E-state index in [4.69, 9.17) is 4.74 Å². The van der Waals surface area contributed by atoms with Crippen LogP contribution in [-0.4, -0.2) is 35.4 Å². The second-order valence-electron chi connectivity index (χ2n) is 7.48. The maximum absolute atomic E-state index is 13.0. The lowest BCUT2D eigenvalue weighted by Crippen LogP contribution is -2.30. The van der Waals surface area contributed by atoms with Crippen molar-refractivity contribution in [3.63, 3.8) is 0 Å². The van der Waals surface area contributed by atoms with E-state index in [1.807, 2.05) is 45.2 Å². The molecule has 29 heavy (non-hydrogen) atoms. The van der Waals surface area contributed by atoms with Crippen LogP contribution in [0.2, 0.25) is 0 Å². The highest BCUT2D eigenvalue weighted by Crippen LogP contribution is 2.44. The van der Waals surface area contributed by atoms with E-state index < -0.39 is 17.7 Å². The number of unbranched alkanes of at least 4 members (excludes halogenated alkanes) is 1. The summed E-state index contributed by atoms with van der Waals surface area (Å²) in [5, 5.41) is 13.2. The van der Waals surface area contributed by atoms with E-state index in [-0.39, 0.29) is 11.3 Å². The molecular formula is C23H27NO4S. The number of carbonyl (C=O) groups is 2. The Kier molecular flexibility index (Phi) is 6.13. The topological polar surface area (TPSA) is 66.8 Å². The molecule has 3 rings (SSSR count). The first-order valence-corrected chi connectivity index (χ1v) is 10.7. The Morgan fingerprint density at radius 3 is 2.52 bits per heavy atom. The van der Waals surface area contributed by atoms with Crippen molar-refractivity contribution < 1.29 is 19.4 Å². The molecule has 1 amide bonds. The van der Waals surface area contributed by atoms with Crippen molar-refractivity contribution in [2.75, 3.05) is 13.7 Å². The largest absolute Gasteiger partial charge is 0.507 e. The van der Waals surface area contributed by atoms with Crippen molar-refractivity contribution in [3.8, 4) is 5.75 Å². The number of ether oxygens (including phenoxy) is 1. The normalized spacial score (nSPS) is 18.5. The van der Waals surface area contributed by atoms with E-state index in [2.05, 4.69) is 0 Å². The molecule has 154 valence electrons. The Balaban J connectivity index is 2.26. The van der Waals surface area contributed by atoms with Gasteiger partial charge in [0.15, 0.2) is 0 Å². The summed E-state index contributed by atoms with van der Waals surface area (Å²) >= 11 is 1.50. The summed E-state index contributed by atoms with van der Waals surface area (Å²) in [5.74, 6) is -0.864. The Labute approximate surface area is 175 Å². The third-order valence-corrected chi connectivity index (χ3v) is 6.39. The number of aryl methyl sites for hydroxylation is 3. The molecule has 1 fully saturated rings. The zero-order chi connectivity index (χ0) is 21.3. The fraction of sp³-hybridized carbons (Fsp3) is 0.391. The second kappa shape index (κ2) is 8.41. The number of aliphatic hydroxyl groups is 1. The van der Waals surface area contributed by atoms with Crippen molar-refractivity contribution in [2.45, 2.75) is 46.6 Å². The fourth-order valence-corrected chi connectivity index (χ4v) is 4.97.